The number of nitrogens with zero attached hydrogens (tertiary/aromatic N) is 2. The van der Waals surface area contributed by atoms with Crippen LogP contribution in [0, 0.1) is 0 Å². The Kier molecular flexibility index (Phi) is 3.38. The Morgan fingerprint density at radius 3 is 2.53 bits per heavy atom. The van der Waals surface area contributed by atoms with E-state index in [1.54, 1.807) is 17.7 Å². The van der Waals surface area contributed by atoms with E-state index in [4.69, 9.17) is 5.73 Å². The summed E-state index contributed by atoms with van der Waals surface area (Å²) in [5.41, 5.74) is 6.22. The first-order chi connectivity index (χ1) is 6.85. The third kappa shape index (κ3) is 2.95. The minimum Gasteiger partial charge on any atom is -0.384 e. The molecule has 0 unspecified atom stereocenters. The van der Waals surface area contributed by atoms with E-state index in [2.05, 4.69) is 5.10 Å². The summed E-state index contributed by atoms with van der Waals surface area (Å²) in [6.45, 7) is 5.51. The second-order valence-corrected chi connectivity index (χ2v) is 6.13. The fourth-order valence-electron chi connectivity index (χ4n) is 1.27. The van der Waals surface area contributed by atoms with Crippen molar-refractivity contribution in [1.82, 2.24) is 9.78 Å². The average molecular weight is 231 g/mol. The predicted octanol–water partition coefficient (Wildman–Crippen LogP) is 0.981. The van der Waals surface area contributed by atoms with Crippen molar-refractivity contribution in [3.05, 3.63) is 11.8 Å². The fraction of sp³-hybridized carbons (Fsp3) is 0.667. The van der Waals surface area contributed by atoms with Gasteiger partial charge in [-0.2, -0.15) is 5.10 Å². The molecule has 0 atom stereocenters. The molecule has 0 radical (unpaired) electrons. The molecule has 2 N–H and O–H groups in total. The Morgan fingerprint density at radius 2 is 2.13 bits per heavy atom. The van der Waals surface area contributed by atoms with Crippen molar-refractivity contribution >= 4 is 15.7 Å². The van der Waals surface area contributed by atoms with E-state index in [1.807, 2.05) is 13.8 Å². The van der Waals surface area contributed by atoms with Gasteiger partial charge in [0.05, 0.1) is 11.4 Å². The lowest BCUT2D eigenvalue weighted by Gasteiger charge is -2.06. The van der Waals surface area contributed by atoms with E-state index >= 15 is 0 Å². The summed E-state index contributed by atoms with van der Waals surface area (Å²) in [5, 5.41) is 4.15. The van der Waals surface area contributed by atoms with Crippen molar-refractivity contribution < 1.29 is 8.42 Å². The van der Waals surface area contributed by atoms with Crippen LogP contribution in [0.5, 0.6) is 0 Å². The minimum atomic E-state index is -3.03. The van der Waals surface area contributed by atoms with Gasteiger partial charge in [-0.1, -0.05) is 6.92 Å². The second kappa shape index (κ2) is 4.22. The van der Waals surface area contributed by atoms with Gasteiger partial charge in [0.25, 0.3) is 0 Å². The molecule has 5 nitrogen and oxygen atoms in total. The molecule has 0 fully saturated rings. The van der Waals surface area contributed by atoms with Crippen LogP contribution in [0.25, 0.3) is 0 Å². The number of hydrogen-bond donors (Lipinski definition) is 1. The zero-order valence-electron chi connectivity index (χ0n) is 9.27. The summed E-state index contributed by atoms with van der Waals surface area (Å²) in [4.78, 5) is 0. The average Bonchev–Trinajstić information content (AvgIpc) is 2.46. The van der Waals surface area contributed by atoms with Crippen molar-refractivity contribution in [2.75, 3.05) is 11.5 Å². The highest BCUT2D eigenvalue weighted by Gasteiger charge is 2.14. The van der Waals surface area contributed by atoms with Crippen molar-refractivity contribution in [2.45, 2.75) is 32.6 Å². The molecule has 0 saturated heterocycles. The van der Waals surface area contributed by atoms with Crippen LogP contribution in [0.2, 0.25) is 0 Å². The molecule has 1 aromatic rings. The van der Waals surface area contributed by atoms with Crippen molar-refractivity contribution in [3.63, 3.8) is 0 Å². The van der Waals surface area contributed by atoms with Gasteiger partial charge >= 0.3 is 0 Å². The van der Waals surface area contributed by atoms with Crippen LogP contribution in [0.3, 0.4) is 0 Å². The van der Waals surface area contributed by atoms with Crippen molar-refractivity contribution in [1.29, 1.82) is 0 Å². The molecule has 86 valence electrons. The highest BCUT2D eigenvalue weighted by Crippen LogP contribution is 2.14. The largest absolute Gasteiger partial charge is 0.384 e. The third-order valence-corrected chi connectivity index (χ3v) is 3.73. The first-order valence-corrected chi connectivity index (χ1v) is 6.72. The number of sulfone groups is 1. The van der Waals surface area contributed by atoms with E-state index < -0.39 is 9.84 Å². The van der Waals surface area contributed by atoms with Gasteiger partial charge in [0.2, 0.25) is 0 Å². The lowest BCUT2D eigenvalue weighted by atomic mass is 10.4. The minimum absolute atomic E-state index is 0.0343. The van der Waals surface area contributed by atoms with Gasteiger partial charge < -0.3 is 5.73 Å². The van der Waals surface area contributed by atoms with Crippen LogP contribution < -0.4 is 5.73 Å². The number of anilines is 1. The predicted molar refractivity (Wildman–Crippen MR) is 60.2 cm³/mol. The lowest BCUT2D eigenvalue weighted by Crippen LogP contribution is -2.09. The zero-order valence-corrected chi connectivity index (χ0v) is 10.1. The van der Waals surface area contributed by atoms with E-state index in [1.165, 1.54) is 0 Å². The molecule has 6 heteroatoms. The Morgan fingerprint density at radius 1 is 1.53 bits per heavy atom. The highest BCUT2D eigenvalue weighted by molar-refractivity contribution is 7.90. The van der Waals surface area contributed by atoms with Crippen LogP contribution in [0.4, 0.5) is 5.82 Å². The summed E-state index contributed by atoms with van der Waals surface area (Å²) < 4.78 is 24.4. The van der Waals surface area contributed by atoms with Gasteiger partial charge in [-0.25, -0.2) is 13.1 Å². The molecular weight excluding hydrogens is 214 g/mol. The molecule has 0 aliphatic rings. The molecule has 0 saturated carbocycles. The van der Waals surface area contributed by atoms with E-state index in [9.17, 15) is 8.42 Å². The smallest absolute Gasteiger partial charge is 0.155 e. The van der Waals surface area contributed by atoms with Gasteiger partial charge in [0.1, 0.15) is 5.82 Å². The summed E-state index contributed by atoms with van der Waals surface area (Å²) in [6, 6.07) is 1.76. The maximum Gasteiger partial charge on any atom is 0.155 e. The fourth-order valence-corrected chi connectivity index (χ4v) is 2.07. The maximum atomic E-state index is 11.4. The summed E-state index contributed by atoms with van der Waals surface area (Å²) in [5.74, 6) is 0.598. The molecule has 1 heterocycles. The number of rotatable bonds is 4. The van der Waals surface area contributed by atoms with Crippen LogP contribution in [0.1, 0.15) is 32.5 Å². The molecule has 1 rings (SSSR count). The number of nitrogen functional groups attached to an aromatic ring is 1. The Labute approximate surface area is 90.2 Å². The molecular formula is C9H17N3O2S. The number of nitrogens with two attached hydrogens (primary N) is 1. The molecule has 1 aromatic heterocycles. The molecule has 0 spiro atoms. The molecule has 0 aliphatic carbocycles. The number of hydrogen-bond acceptors (Lipinski definition) is 4. The normalized spacial score (nSPS) is 12.3. The van der Waals surface area contributed by atoms with E-state index in [0.29, 0.717) is 11.5 Å². The van der Waals surface area contributed by atoms with Gasteiger partial charge in [0, 0.05) is 17.9 Å². The van der Waals surface area contributed by atoms with E-state index in [0.717, 1.165) is 0 Å². The first kappa shape index (κ1) is 12.0. The van der Waals surface area contributed by atoms with Crippen molar-refractivity contribution in [3.8, 4) is 0 Å². The van der Waals surface area contributed by atoms with Crippen LogP contribution >= 0.6 is 0 Å². The molecule has 0 bridgehead atoms. The summed E-state index contributed by atoms with van der Waals surface area (Å²) in [7, 11) is -3.03. The molecule has 0 aliphatic heterocycles. The first-order valence-electron chi connectivity index (χ1n) is 4.90. The standard InChI is InChI=1S/C9H17N3O2S/c1-4-15(13,14)6-8-5-9(10)12(11-8)7(2)3/h5,7H,4,6,10H2,1-3H3. The summed E-state index contributed by atoms with van der Waals surface area (Å²) >= 11 is 0. The van der Waals surface area contributed by atoms with Crippen molar-refractivity contribution in [2.24, 2.45) is 0 Å². The Hall–Kier alpha value is -1.04. The maximum absolute atomic E-state index is 11.4. The van der Waals surface area contributed by atoms with E-state index in [-0.39, 0.29) is 17.5 Å². The third-order valence-electron chi connectivity index (χ3n) is 2.11. The van der Waals surface area contributed by atoms with Gasteiger partial charge in [-0.05, 0) is 13.8 Å². The summed E-state index contributed by atoms with van der Waals surface area (Å²) in [6.07, 6.45) is 0. The second-order valence-electron chi connectivity index (χ2n) is 3.78. The number of aromatic nitrogens is 2. The SMILES string of the molecule is CCS(=O)(=O)Cc1cc(N)n(C(C)C)n1. The topological polar surface area (TPSA) is 78.0 Å². The van der Waals surface area contributed by atoms with Crippen LogP contribution in [-0.2, 0) is 15.6 Å². The van der Waals surface area contributed by atoms with Gasteiger partial charge in [0.15, 0.2) is 9.84 Å². The zero-order chi connectivity index (χ0) is 11.6. The molecule has 0 amide bonds. The Bertz CT molecular complexity index is 434. The quantitative estimate of drug-likeness (QED) is 0.838. The highest BCUT2D eigenvalue weighted by atomic mass is 32.2. The lowest BCUT2D eigenvalue weighted by molar-refractivity contribution is 0.535. The van der Waals surface area contributed by atoms with Gasteiger partial charge in [-0.15, -0.1) is 0 Å². The molecule has 15 heavy (non-hydrogen) atoms. The monoisotopic (exact) mass is 231 g/mol. The van der Waals surface area contributed by atoms with Crippen LogP contribution in [0.15, 0.2) is 6.07 Å². The molecule has 0 aromatic carbocycles. The Balaban J connectivity index is 2.94. The van der Waals surface area contributed by atoms with Crippen LogP contribution in [-0.4, -0.2) is 24.0 Å². The van der Waals surface area contributed by atoms with Gasteiger partial charge in [-0.3, -0.25) is 0 Å².